The highest BCUT2D eigenvalue weighted by Gasteiger charge is 2.36. The van der Waals surface area contributed by atoms with Crippen LogP contribution < -0.4 is 0 Å². The number of aliphatic carboxylic acids is 1. The summed E-state index contributed by atoms with van der Waals surface area (Å²) >= 11 is 0. The Kier molecular flexibility index (Phi) is 4.04. The SMILES string of the molecule is CCCc1ccc(CN2C[C@H](O)C[C@H]2C(=O)O)o1. The van der Waals surface area contributed by atoms with Crippen LogP contribution in [0.2, 0.25) is 0 Å². The predicted molar refractivity (Wildman–Crippen MR) is 65.2 cm³/mol. The summed E-state index contributed by atoms with van der Waals surface area (Å²) in [7, 11) is 0. The maximum Gasteiger partial charge on any atom is 0.321 e. The quantitative estimate of drug-likeness (QED) is 0.826. The number of hydrogen-bond acceptors (Lipinski definition) is 4. The lowest BCUT2D eigenvalue weighted by Crippen LogP contribution is -2.35. The van der Waals surface area contributed by atoms with Crippen molar-refractivity contribution in [1.29, 1.82) is 0 Å². The van der Waals surface area contributed by atoms with Crippen LogP contribution in [0.1, 0.15) is 31.3 Å². The number of β-amino-alcohol motifs (C(OH)–C–C–N with tert-alkyl or cyclic N) is 1. The van der Waals surface area contributed by atoms with E-state index in [0.29, 0.717) is 13.1 Å². The van der Waals surface area contributed by atoms with Gasteiger partial charge in [-0.2, -0.15) is 0 Å². The van der Waals surface area contributed by atoms with E-state index < -0.39 is 18.1 Å². The number of rotatable bonds is 5. The number of carboxylic acid groups (broad SMARTS) is 1. The molecule has 2 heterocycles. The Morgan fingerprint density at radius 3 is 2.89 bits per heavy atom. The van der Waals surface area contributed by atoms with Gasteiger partial charge in [-0.05, 0) is 18.6 Å². The van der Waals surface area contributed by atoms with Crippen LogP contribution in [0.5, 0.6) is 0 Å². The lowest BCUT2D eigenvalue weighted by atomic mass is 10.2. The van der Waals surface area contributed by atoms with E-state index in [4.69, 9.17) is 9.52 Å². The van der Waals surface area contributed by atoms with Crippen molar-refractivity contribution in [3.63, 3.8) is 0 Å². The summed E-state index contributed by atoms with van der Waals surface area (Å²) in [5.74, 6) is 0.810. The Hall–Kier alpha value is -1.33. The minimum atomic E-state index is -0.883. The van der Waals surface area contributed by atoms with Crippen LogP contribution in [0.3, 0.4) is 0 Å². The Labute approximate surface area is 106 Å². The number of nitrogens with zero attached hydrogens (tertiary/aromatic N) is 1. The van der Waals surface area contributed by atoms with Crippen molar-refractivity contribution in [2.24, 2.45) is 0 Å². The highest BCUT2D eigenvalue weighted by atomic mass is 16.4. The number of likely N-dealkylation sites (tertiary alicyclic amines) is 1. The van der Waals surface area contributed by atoms with Crippen LogP contribution in [0.4, 0.5) is 0 Å². The van der Waals surface area contributed by atoms with Gasteiger partial charge in [-0.3, -0.25) is 9.69 Å². The van der Waals surface area contributed by atoms with Crippen LogP contribution in [-0.2, 0) is 17.8 Å². The van der Waals surface area contributed by atoms with Crippen LogP contribution in [0.25, 0.3) is 0 Å². The molecule has 5 heteroatoms. The van der Waals surface area contributed by atoms with Gasteiger partial charge in [0.05, 0.1) is 12.6 Å². The molecule has 1 aromatic heterocycles. The number of carbonyl (C=O) groups is 1. The number of aliphatic hydroxyl groups excluding tert-OH is 1. The molecule has 0 unspecified atom stereocenters. The van der Waals surface area contributed by atoms with Crippen LogP contribution in [0, 0.1) is 0 Å². The second-order valence-corrected chi connectivity index (χ2v) is 4.79. The average molecular weight is 253 g/mol. The van der Waals surface area contributed by atoms with Crippen molar-refractivity contribution >= 4 is 5.97 Å². The lowest BCUT2D eigenvalue weighted by Gasteiger charge is -2.19. The number of furan rings is 1. The minimum absolute atomic E-state index is 0.290. The molecule has 0 saturated carbocycles. The summed E-state index contributed by atoms with van der Waals surface area (Å²) in [6, 6.07) is 3.20. The summed E-state index contributed by atoms with van der Waals surface area (Å²) < 4.78 is 5.63. The highest BCUT2D eigenvalue weighted by molar-refractivity contribution is 5.74. The summed E-state index contributed by atoms with van der Waals surface area (Å²) in [5, 5.41) is 18.6. The molecular weight excluding hydrogens is 234 g/mol. The monoisotopic (exact) mass is 253 g/mol. The van der Waals surface area contributed by atoms with E-state index in [2.05, 4.69) is 6.92 Å². The molecule has 1 saturated heterocycles. The summed E-state index contributed by atoms with van der Waals surface area (Å²) in [5.41, 5.74) is 0. The van der Waals surface area contributed by atoms with E-state index in [1.807, 2.05) is 12.1 Å². The fourth-order valence-electron chi connectivity index (χ4n) is 2.40. The first-order chi connectivity index (χ1) is 8.60. The third-order valence-corrected chi connectivity index (χ3v) is 3.24. The van der Waals surface area contributed by atoms with E-state index in [1.54, 1.807) is 4.90 Å². The number of carboxylic acids is 1. The van der Waals surface area contributed by atoms with E-state index in [9.17, 15) is 9.90 Å². The predicted octanol–water partition coefficient (Wildman–Crippen LogP) is 1.25. The van der Waals surface area contributed by atoms with Gasteiger partial charge >= 0.3 is 5.97 Å². The normalized spacial score (nSPS) is 24.6. The first-order valence-corrected chi connectivity index (χ1v) is 6.32. The van der Waals surface area contributed by atoms with Crippen molar-refractivity contribution in [3.8, 4) is 0 Å². The van der Waals surface area contributed by atoms with Gasteiger partial charge in [0, 0.05) is 19.4 Å². The van der Waals surface area contributed by atoms with Crippen LogP contribution >= 0.6 is 0 Å². The third-order valence-electron chi connectivity index (χ3n) is 3.24. The Morgan fingerprint density at radius 1 is 1.50 bits per heavy atom. The molecule has 0 amide bonds. The smallest absolute Gasteiger partial charge is 0.321 e. The van der Waals surface area contributed by atoms with E-state index >= 15 is 0 Å². The van der Waals surface area contributed by atoms with Crippen LogP contribution in [-0.4, -0.2) is 39.8 Å². The van der Waals surface area contributed by atoms with Gasteiger partial charge in [-0.25, -0.2) is 0 Å². The molecule has 2 atom stereocenters. The van der Waals surface area contributed by atoms with Gasteiger partial charge in [-0.15, -0.1) is 0 Å². The van der Waals surface area contributed by atoms with E-state index in [1.165, 1.54) is 0 Å². The molecule has 0 radical (unpaired) electrons. The molecule has 18 heavy (non-hydrogen) atoms. The molecular formula is C13H19NO4. The molecule has 1 fully saturated rings. The zero-order valence-electron chi connectivity index (χ0n) is 10.5. The van der Waals surface area contributed by atoms with E-state index in [-0.39, 0.29) is 6.42 Å². The lowest BCUT2D eigenvalue weighted by molar-refractivity contribution is -0.142. The van der Waals surface area contributed by atoms with Crippen molar-refractivity contribution in [2.75, 3.05) is 6.54 Å². The summed E-state index contributed by atoms with van der Waals surface area (Å²) in [4.78, 5) is 12.8. The molecule has 0 aliphatic carbocycles. The Bertz CT molecular complexity index is 415. The molecule has 100 valence electrons. The molecule has 0 spiro atoms. The molecule has 2 rings (SSSR count). The first-order valence-electron chi connectivity index (χ1n) is 6.32. The zero-order chi connectivity index (χ0) is 13.1. The molecule has 2 N–H and O–H groups in total. The second-order valence-electron chi connectivity index (χ2n) is 4.79. The van der Waals surface area contributed by atoms with Gasteiger partial charge in [0.1, 0.15) is 17.6 Å². The van der Waals surface area contributed by atoms with Crippen molar-refractivity contribution in [3.05, 3.63) is 23.7 Å². The maximum absolute atomic E-state index is 11.1. The maximum atomic E-state index is 11.1. The standard InChI is InChI=1S/C13H19NO4/c1-2-3-10-4-5-11(18-10)8-14-7-9(15)6-12(14)13(16)17/h4-5,9,12,15H,2-3,6-8H2,1H3,(H,16,17)/t9-,12+/m1/s1. The third kappa shape index (κ3) is 2.91. The zero-order valence-corrected chi connectivity index (χ0v) is 10.5. The molecule has 5 nitrogen and oxygen atoms in total. The molecule has 0 bridgehead atoms. The van der Waals surface area contributed by atoms with Crippen molar-refractivity contribution < 1.29 is 19.4 Å². The van der Waals surface area contributed by atoms with Crippen LogP contribution in [0.15, 0.2) is 16.5 Å². The van der Waals surface area contributed by atoms with Gasteiger partial charge < -0.3 is 14.6 Å². The van der Waals surface area contributed by atoms with Gasteiger partial charge in [0.2, 0.25) is 0 Å². The molecule has 1 aliphatic rings. The molecule has 1 aromatic rings. The van der Waals surface area contributed by atoms with Crippen molar-refractivity contribution in [1.82, 2.24) is 4.90 Å². The topological polar surface area (TPSA) is 73.9 Å². The van der Waals surface area contributed by atoms with Gasteiger partial charge in [-0.1, -0.05) is 6.92 Å². The molecule has 1 aliphatic heterocycles. The van der Waals surface area contributed by atoms with E-state index in [0.717, 1.165) is 24.4 Å². The first kappa shape index (κ1) is 13.1. The fraction of sp³-hybridized carbons (Fsp3) is 0.615. The largest absolute Gasteiger partial charge is 0.480 e. The second kappa shape index (κ2) is 5.54. The summed E-state index contributed by atoms with van der Waals surface area (Å²) in [6.07, 6.45) is 1.65. The Morgan fingerprint density at radius 2 is 2.22 bits per heavy atom. The minimum Gasteiger partial charge on any atom is -0.480 e. The summed E-state index contributed by atoms with van der Waals surface area (Å²) in [6.45, 7) is 2.91. The van der Waals surface area contributed by atoms with Gasteiger partial charge in [0.15, 0.2) is 0 Å². The fourth-order valence-corrected chi connectivity index (χ4v) is 2.40. The number of hydrogen-bond donors (Lipinski definition) is 2. The van der Waals surface area contributed by atoms with Gasteiger partial charge in [0.25, 0.3) is 0 Å². The average Bonchev–Trinajstić information content (AvgIpc) is 2.87. The highest BCUT2D eigenvalue weighted by Crippen LogP contribution is 2.22. The molecule has 0 aromatic carbocycles. The number of aliphatic hydroxyl groups is 1. The van der Waals surface area contributed by atoms with Crippen molar-refractivity contribution in [2.45, 2.75) is 44.9 Å². The number of aryl methyl sites for hydroxylation is 1. The Balaban J connectivity index is 2.00.